The van der Waals surface area contributed by atoms with E-state index in [0.29, 0.717) is 11.8 Å². The zero-order valence-corrected chi connectivity index (χ0v) is 9.37. The summed E-state index contributed by atoms with van der Waals surface area (Å²) in [6.07, 6.45) is 1.20. The van der Waals surface area contributed by atoms with E-state index in [1.54, 1.807) is 0 Å². The van der Waals surface area contributed by atoms with E-state index < -0.39 is 0 Å². The Hall–Kier alpha value is -0.860. The van der Waals surface area contributed by atoms with Gasteiger partial charge in [-0.05, 0) is 37.9 Å². The molecule has 1 aliphatic heterocycles. The topological polar surface area (TPSA) is 38.0 Å². The smallest absolute Gasteiger partial charge is 0.00233 e. The summed E-state index contributed by atoms with van der Waals surface area (Å²) in [5.41, 5.74) is 8.59. The van der Waals surface area contributed by atoms with Crippen molar-refractivity contribution in [3.8, 4) is 0 Å². The van der Waals surface area contributed by atoms with Gasteiger partial charge in [-0.1, -0.05) is 29.8 Å². The maximum Gasteiger partial charge on any atom is 0.00233 e. The highest BCUT2D eigenvalue weighted by Crippen LogP contribution is 2.28. The fourth-order valence-corrected chi connectivity index (χ4v) is 2.40. The second kappa shape index (κ2) is 4.77. The number of nitrogens with two attached hydrogens (primary N) is 1. The Bertz CT molecular complexity index is 305. The summed E-state index contributed by atoms with van der Waals surface area (Å²) in [5, 5.41) is 3.46. The molecule has 0 aliphatic carbocycles. The van der Waals surface area contributed by atoms with Gasteiger partial charge in [0, 0.05) is 12.5 Å². The molecule has 1 aromatic carbocycles. The monoisotopic (exact) mass is 204 g/mol. The lowest BCUT2D eigenvalue weighted by Gasteiger charge is -2.31. The second-order valence-electron chi connectivity index (χ2n) is 4.51. The Morgan fingerprint density at radius 3 is 2.73 bits per heavy atom. The van der Waals surface area contributed by atoms with Crippen molar-refractivity contribution < 1.29 is 0 Å². The Morgan fingerprint density at radius 1 is 1.33 bits per heavy atom. The molecule has 3 N–H and O–H groups in total. The molecular formula is C13H20N2. The molecule has 2 atom stereocenters. The van der Waals surface area contributed by atoms with Gasteiger partial charge >= 0.3 is 0 Å². The van der Waals surface area contributed by atoms with Gasteiger partial charge in [0.2, 0.25) is 0 Å². The van der Waals surface area contributed by atoms with Crippen LogP contribution in [-0.2, 0) is 0 Å². The molecule has 82 valence electrons. The summed E-state index contributed by atoms with van der Waals surface area (Å²) in [7, 11) is 0. The van der Waals surface area contributed by atoms with E-state index >= 15 is 0 Å². The van der Waals surface area contributed by atoms with E-state index in [9.17, 15) is 0 Å². The Morgan fingerprint density at radius 2 is 2.07 bits per heavy atom. The third kappa shape index (κ3) is 2.39. The fourth-order valence-electron chi connectivity index (χ4n) is 2.40. The van der Waals surface area contributed by atoms with Crippen molar-refractivity contribution in [2.24, 2.45) is 11.7 Å². The van der Waals surface area contributed by atoms with Crippen molar-refractivity contribution in [1.29, 1.82) is 0 Å². The van der Waals surface area contributed by atoms with Crippen LogP contribution in [0.1, 0.15) is 23.5 Å². The predicted molar refractivity (Wildman–Crippen MR) is 64.0 cm³/mol. The van der Waals surface area contributed by atoms with Gasteiger partial charge in [0.25, 0.3) is 0 Å². The number of hydrogen-bond acceptors (Lipinski definition) is 2. The summed E-state index contributed by atoms with van der Waals surface area (Å²) in [4.78, 5) is 0. The molecule has 0 amide bonds. The highest BCUT2D eigenvalue weighted by atomic mass is 14.9. The summed E-state index contributed by atoms with van der Waals surface area (Å²) in [5.74, 6) is 1.25. The van der Waals surface area contributed by atoms with Crippen molar-refractivity contribution in [3.05, 3.63) is 35.4 Å². The van der Waals surface area contributed by atoms with E-state index in [1.807, 2.05) is 0 Å². The first-order chi connectivity index (χ1) is 7.31. The summed E-state index contributed by atoms with van der Waals surface area (Å²) >= 11 is 0. The van der Waals surface area contributed by atoms with Crippen LogP contribution in [0.4, 0.5) is 0 Å². The highest BCUT2D eigenvalue weighted by Gasteiger charge is 2.24. The first-order valence-corrected chi connectivity index (χ1v) is 5.78. The third-order valence-corrected chi connectivity index (χ3v) is 3.43. The molecule has 2 heteroatoms. The lowest BCUT2D eigenvalue weighted by Crippen LogP contribution is -2.38. The van der Waals surface area contributed by atoms with Crippen LogP contribution in [-0.4, -0.2) is 19.6 Å². The van der Waals surface area contributed by atoms with Gasteiger partial charge in [-0.2, -0.15) is 0 Å². The van der Waals surface area contributed by atoms with Crippen molar-refractivity contribution in [2.45, 2.75) is 19.3 Å². The minimum atomic E-state index is 0.601. The normalized spacial score (nSPS) is 26.5. The lowest BCUT2D eigenvalue weighted by atomic mass is 9.81. The molecule has 1 fully saturated rings. The van der Waals surface area contributed by atoms with Crippen molar-refractivity contribution in [3.63, 3.8) is 0 Å². The number of aryl methyl sites for hydroxylation is 1. The van der Waals surface area contributed by atoms with E-state index in [0.717, 1.165) is 19.6 Å². The molecule has 15 heavy (non-hydrogen) atoms. The van der Waals surface area contributed by atoms with Gasteiger partial charge in [0.15, 0.2) is 0 Å². The molecule has 1 heterocycles. The van der Waals surface area contributed by atoms with E-state index in [-0.39, 0.29) is 0 Å². The molecule has 1 aromatic rings. The Balaban J connectivity index is 2.16. The Kier molecular flexibility index (Phi) is 3.39. The van der Waals surface area contributed by atoms with Gasteiger partial charge in [0.05, 0.1) is 0 Å². The van der Waals surface area contributed by atoms with Gasteiger partial charge in [0.1, 0.15) is 0 Å². The number of rotatable bonds is 2. The van der Waals surface area contributed by atoms with Crippen molar-refractivity contribution in [2.75, 3.05) is 19.6 Å². The van der Waals surface area contributed by atoms with Crippen LogP contribution in [0.3, 0.4) is 0 Å². The molecule has 0 bridgehead atoms. The molecular weight excluding hydrogens is 184 g/mol. The first-order valence-electron chi connectivity index (χ1n) is 5.78. The number of benzene rings is 1. The van der Waals surface area contributed by atoms with Gasteiger partial charge in [-0.15, -0.1) is 0 Å². The Labute approximate surface area is 91.9 Å². The summed E-state index contributed by atoms with van der Waals surface area (Å²) < 4.78 is 0. The van der Waals surface area contributed by atoms with Crippen LogP contribution >= 0.6 is 0 Å². The lowest BCUT2D eigenvalue weighted by molar-refractivity contribution is 0.331. The van der Waals surface area contributed by atoms with Crippen molar-refractivity contribution >= 4 is 0 Å². The van der Waals surface area contributed by atoms with Crippen LogP contribution < -0.4 is 11.1 Å². The molecule has 2 nitrogen and oxygen atoms in total. The van der Waals surface area contributed by atoms with Gasteiger partial charge in [-0.25, -0.2) is 0 Å². The first kappa shape index (κ1) is 10.7. The zero-order chi connectivity index (χ0) is 10.7. The standard InChI is InChI=1S/C13H20N2/c1-10-2-4-11(5-3-10)13-9-15-7-6-12(13)8-14/h2-5,12-13,15H,6-9,14H2,1H3. The van der Waals surface area contributed by atoms with E-state index in [4.69, 9.17) is 5.73 Å². The third-order valence-electron chi connectivity index (χ3n) is 3.43. The summed E-state index contributed by atoms with van der Waals surface area (Å²) in [6.45, 7) is 5.12. The average molecular weight is 204 g/mol. The molecule has 0 radical (unpaired) electrons. The second-order valence-corrected chi connectivity index (χ2v) is 4.51. The van der Waals surface area contributed by atoms with E-state index in [2.05, 4.69) is 36.5 Å². The quantitative estimate of drug-likeness (QED) is 0.768. The van der Waals surface area contributed by atoms with Crippen LogP contribution in [0.25, 0.3) is 0 Å². The van der Waals surface area contributed by atoms with Crippen LogP contribution in [0.2, 0.25) is 0 Å². The molecule has 1 aliphatic rings. The van der Waals surface area contributed by atoms with Crippen LogP contribution in [0, 0.1) is 12.8 Å². The largest absolute Gasteiger partial charge is 0.330 e. The SMILES string of the molecule is Cc1ccc(C2CNCCC2CN)cc1. The fraction of sp³-hybridized carbons (Fsp3) is 0.538. The number of piperidine rings is 1. The van der Waals surface area contributed by atoms with Crippen LogP contribution in [0.15, 0.2) is 24.3 Å². The van der Waals surface area contributed by atoms with Gasteiger partial charge < -0.3 is 11.1 Å². The molecule has 2 rings (SSSR count). The van der Waals surface area contributed by atoms with Crippen molar-refractivity contribution in [1.82, 2.24) is 5.32 Å². The maximum atomic E-state index is 5.83. The molecule has 1 saturated heterocycles. The molecule has 0 saturated carbocycles. The predicted octanol–water partition coefficient (Wildman–Crippen LogP) is 1.65. The highest BCUT2D eigenvalue weighted by molar-refractivity contribution is 5.26. The van der Waals surface area contributed by atoms with Gasteiger partial charge in [-0.3, -0.25) is 0 Å². The minimum Gasteiger partial charge on any atom is -0.330 e. The molecule has 0 aromatic heterocycles. The zero-order valence-electron chi connectivity index (χ0n) is 9.37. The molecule has 2 unspecified atom stereocenters. The molecule has 0 spiro atoms. The summed E-state index contributed by atoms with van der Waals surface area (Å²) in [6, 6.07) is 8.88. The average Bonchev–Trinajstić information content (AvgIpc) is 2.30. The minimum absolute atomic E-state index is 0.601. The number of nitrogens with one attached hydrogen (secondary N) is 1. The van der Waals surface area contributed by atoms with E-state index in [1.165, 1.54) is 17.5 Å². The van der Waals surface area contributed by atoms with Crippen LogP contribution in [0.5, 0.6) is 0 Å². The maximum absolute atomic E-state index is 5.83. The number of hydrogen-bond donors (Lipinski definition) is 2.